The first kappa shape index (κ1) is 12.8. The highest BCUT2D eigenvalue weighted by Crippen LogP contribution is 2.21. The van der Waals surface area contributed by atoms with E-state index in [0.717, 1.165) is 18.6 Å². The third-order valence-corrected chi connectivity index (χ3v) is 2.87. The molecule has 1 aromatic rings. The summed E-state index contributed by atoms with van der Waals surface area (Å²) in [5, 5.41) is 0. The Bertz CT molecular complexity index is 335. The molecule has 1 heteroatoms. The molecule has 0 aliphatic carbocycles. The van der Waals surface area contributed by atoms with Gasteiger partial charge in [-0.15, -0.1) is 0 Å². The Morgan fingerprint density at radius 3 is 2.31 bits per heavy atom. The van der Waals surface area contributed by atoms with Crippen LogP contribution in [0.3, 0.4) is 0 Å². The number of hydrogen-bond donors (Lipinski definition) is 0. The first-order valence-electron chi connectivity index (χ1n) is 6.13. The molecule has 0 aliphatic heterocycles. The third kappa shape index (κ3) is 3.41. The molecule has 0 N–H and O–H groups in total. The van der Waals surface area contributed by atoms with Crippen molar-refractivity contribution in [2.75, 3.05) is 0 Å². The lowest BCUT2D eigenvalue weighted by Gasteiger charge is -2.13. The van der Waals surface area contributed by atoms with Crippen LogP contribution in [0.25, 0.3) is 5.57 Å². The molecule has 16 heavy (non-hydrogen) atoms. The predicted octanol–water partition coefficient (Wildman–Crippen LogP) is 4.68. The summed E-state index contributed by atoms with van der Waals surface area (Å²) in [6, 6.07) is 8.38. The summed E-state index contributed by atoms with van der Waals surface area (Å²) < 4.78 is 5.75. The molecule has 1 atom stereocenters. The van der Waals surface area contributed by atoms with Gasteiger partial charge in [-0.3, -0.25) is 0 Å². The summed E-state index contributed by atoms with van der Waals surface area (Å²) in [5.41, 5.74) is 2.68. The fourth-order valence-electron chi connectivity index (χ4n) is 1.64. The first-order chi connectivity index (χ1) is 7.71. The highest BCUT2D eigenvalue weighted by molar-refractivity contribution is 5.65. The minimum Gasteiger partial charge on any atom is -0.491 e. The van der Waals surface area contributed by atoms with Crippen LogP contribution in [0.15, 0.2) is 30.3 Å². The van der Waals surface area contributed by atoms with Gasteiger partial charge in [0.05, 0.1) is 6.10 Å². The van der Waals surface area contributed by atoms with Crippen LogP contribution in [-0.2, 0) is 0 Å². The maximum atomic E-state index is 5.75. The smallest absolute Gasteiger partial charge is 0.119 e. The molecule has 1 unspecified atom stereocenters. The monoisotopic (exact) mass is 218 g/mol. The van der Waals surface area contributed by atoms with Crippen LogP contribution in [0.1, 0.15) is 46.1 Å². The first-order valence-corrected chi connectivity index (χ1v) is 6.13. The Morgan fingerprint density at radius 1 is 1.25 bits per heavy atom. The lowest BCUT2D eigenvalue weighted by Crippen LogP contribution is -2.09. The Kier molecular flexibility index (Phi) is 5.10. The average molecular weight is 218 g/mol. The number of ether oxygens (including phenoxy) is 1. The Balaban J connectivity index is 2.75. The third-order valence-electron chi connectivity index (χ3n) is 2.87. The average Bonchev–Trinajstić information content (AvgIpc) is 2.32. The van der Waals surface area contributed by atoms with E-state index in [2.05, 4.69) is 58.0 Å². The van der Waals surface area contributed by atoms with Crippen molar-refractivity contribution in [2.24, 2.45) is 0 Å². The van der Waals surface area contributed by atoms with Crippen LogP contribution in [0, 0.1) is 0 Å². The molecule has 0 heterocycles. The minimum absolute atomic E-state index is 0.290. The molecule has 0 saturated carbocycles. The van der Waals surface area contributed by atoms with Crippen molar-refractivity contribution in [3.63, 3.8) is 0 Å². The number of hydrogen-bond acceptors (Lipinski definition) is 1. The Morgan fingerprint density at radius 2 is 1.88 bits per heavy atom. The normalized spacial score (nSPS) is 13.6. The van der Waals surface area contributed by atoms with Gasteiger partial charge in [0, 0.05) is 0 Å². The van der Waals surface area contributed by atoms with E-state index in [1.165, 1.54) is 11.1 Å². The van der Waals surface area contributed by atoms with Gasteiger partial charge in [0.2, 0.25) is 0 Å². The van der Waals surface area contributed by atoms with Crippen molar-refractivity contribution in [1.29, 1.82) is 0 Å². The quantitative estimate of drug-likeness (QED) is 0.697. The number of allylic oxidation sites excluding steroid dienone is 2. The molecule has 0 aromatic heterocycles. The zero-order chi connectivity index (χ0) is 12.0. The largest absolute Gasteiger partial charge is 0.491 e. The van der Waals surface area contributed by atoms with Crippen molar-refractivity contribution in [1.82, 2.24) is 0 Å². The van der Waals surface area contributed by atoms with E-state index in [1.54, 1.807) is 0 Å². The Hall–Kier alpha value is -1.24. The van der Waals surface area contributed by atoms with Gasteiger partial charge in [0.25, 0.3) is 0 Å². The van der Waals surface area contributed by atoms with E-state index < -0.39 is 0 Å². The molecule has 0 radical (unpaired) electrons. The molecule has 0 amide bonds. The Labute approximate surface area is 99.1 Å². The molecule has 1 aromatic carbocycles. The molecule has 0 fully saturated rings. The van der Waals surface area contributed by atoms with Crippen LogP contribution < -0.4 is 4.74 Å². The van der Waals surface area contributed by atoms with E-state index in [4.69, 9.17) is 4.74 Å². The summed E-state index contributed by atoms with van der Waals surface area (Å²) in [6.07, 6.45) is 4.57. The molecule has 1 nitrogen and oxygen atoms in total. The SMILES string of the molecule is CC=C(CC)c1ccc(OC(C)CC)cc1. The summed E-state index contributed by atoms with van der Waals surface area (Å²) in [5.74, 6) is 0.963. The van der Waals surface area contributed by atoms with Crippen LogP contribution >= 0.6 is 0 Å². The van der Waals surface area contributed by atoms with Gasteiger partial charge in [0.15, 0.2) is 0 Å². The molecule has 88 valence electrons. The van der Waals surface area contributed by atoms with Crippen LogP contribution in [0.2, 0.25) is 0 Å². The lowest BCUT2D eigenvalue weighted by atomic mass is 10.0. The van der Waals surface area contributed by atoms with E-state index in [-0.39, 0.29) is 0 Å². The van der Waals surface area contributed by atoms with E-state index in [0.29, 0.717) is 6.10 Å². The fourth-order valence-corrected chi connectivity index (χ4v) is 1.64. The van der Waals surface area contributed by atoms with Crippen molar-refractivity contribution in [3.05, 3.63) is 35.9 Å². The summed E-state index contributed by atoms with van der Waals surface area (Å²) in [7, 11) is 0. The minimum atomic E-state index is 0.290. The number of benzene rings is 1. The van der Waals surface area contributed by atoms with E-state index in [1.807, 2.05) is 0 Å². The van der Waals surface area contributed by atoms with Crippen molar-refractivity contribution in [2.45, 2.75) is 46.6 Å². The highest BCUT2D eigenvalue weighted by Gasteiger charge is 2.02. The summed E-state index contributed by atoms with van der Waals surface area (Å²) in [6.45, 7) is 8.49. The van der Waals surface area contributed by atoms with E-state index >= 15 is 0 Å². The second-order valence-corrected chi connectivity index (χ2v) is 4.03. The standard InChI is InChI=1S/C15H22O/c1-5-12(4)16-15-10-8-14(9-11-15)13(6-2)7-3/h6,8-12H,5,7H2,1-4H3. The summed E-state index contributed by atoms with van der Waals surface area (Å²) in [4.78, 5) is 0. The van der Waals surface area contributed by atoms with Crippen LogP contribution in [-0.4, -0.2) is 6.10 Å². The van der Waals surface area contributed by atoms with Crippen molar-refractivity contribution >= 4 is 5.57 Å². The maximum Gasteiger partial charge on any atom is 0.119 e. The molecular formula is C15H22O. The molecule has 0 aliphatic rings. The van der Waals surface area contributed by atoms with Gasteiger partial charge < -0.3 is 4.74 Å². The molecule has 0 bridgehead atoms. The number of rotatable bonds is 5. The predicted molar refractivity (Wildman–Crippen MR) is 70.8 cm³/mol. The second kappa shape index (κ2) is 6.37. The van der Waals surface area contributed by atoms with Crippen molar-refractivity contribution in [3.8, 4) is 5.75 Å². The topological polar surface area (TPSA) is 9.23 Å². The zero-order valence-electron chi connectivity index (χ0n) is 10.8. The molecule has 0 saturated heterocycles. The maximum absolute atomic E-state index is 5.75. The zero-order valence-corrected chi connectivity index (χ0v) is 10.8. The van der Waals surface area contributed by atoms with Crippen molar-refractivity contribution < 1.29 is 4.74 Å². The molecule has 0 spiro atoms. The molecular weight excluding hydrogens is 196 g/mol. The molecule has 1 rings (SSSR count). The van der Waals surface area contributed by atoms with Crippen LogP contribution in [0.5, 0.6) is 5.75 Å². The van der Waals surface area contributed by atoms with Gasteiger partial charge in [-0.2, -0.15) is 0 Å². The fraction of sp³-hybridized carbons (Fsp3) is 0.467. The second-order valence-electron chi connectivity index (χ2n) is 4.03. The van der Waals surface area contributed by atoms with Gasteiger partial charge in [-0.25, -0.2) is 0 Å². The van der Waals surface area contributed by atoms with E-state index in [9.17, 15) is 0 Å². The van der Waals surface area contributed by atoms with Gasteiger partial charge >= 0.3 is 0 Å². The van der Waals surface area contributed by atoms with Crippen LogP contribution in [0.4, 0.5) is 0 Å². The summed E-state index contributed by atoms with van der Waals surface area (Å²) >= 11 is 0. The van der Waals surface area contributed by atoms with Gasteiger partial charge in [-0.1, -0.05) is 32.1 Å². The lowest BCUT2D eigenvalue weighted by molar-refractivity contribution is 0.217. The van der Waals surface area contributed by atoms with Gasteiger partial charge in [0.1, 0.15) is 5.75 Å². The highest BCUT2D eigenvalue weighted by atomic mass is 16.5. The van der Waals surface area contributed by atoms with Gasteiger partial charge in [-0.05, 0) is 50.0 Å².